The number of nitrogens with two attached hydrogens (primary N) is 1. The Morgan fingerprint density at radius 3 is 2.37 bits per heavy atom. The van der Waals surface area contributed by atoms with E-state index in [0.717, 1.165) is 23.1 Å². The third kappa shape index (κ3) is 7.52. The third-order valence-electron chi connectivity index (χ3n) is 4.57. The molecule has 0 heterocycles. The van der Waals surface area contributed by atoms with Gasteiger partial charge in [-0.05, 0) is 36.6 Å². The summed E-state index contributed by atoms with van der Waals surface area (Å²) < 4.78 is 0. The van der Waals surface area contributed by atoms with Crippen LogP contribution in [-0.4, -0.2) is 36.8 Å². The van der Waals surface area contributed by atoms with Gasteiger partial charge in [0.1, 0.15) is 11.9 Å². The Kier molecular flexibility index (Phi) is 8.77. The molecule has 1 atom stereocenters. The maximum atomic E-state index is 12.2. The highest BCUT2D eigenvalue weighted by Gasteiger charge is 2.15. The maximum absolute atomic E-state index is 12.2. The zero-order valence-corrected chi connectivity index (χ0v) is 17.2. The lowest BCUT2D eigenvalue weighted by Gasteiger charge is -2.15. The fourth-order valence-corrected chi connectivity index (χ4v) is 2.76. The Balaban J connectivity index is 1.64. The molecule has 0 spiro atoms. The third-order valence-corrected chi connectivity index (χ3v) is 4.57. The SMILES string of the molecule is C=C(CCNCC(=O)NC(C)C(=O)NCc1ccc(C(=N)N)cc1)c1ccccc1. The van der Waals surface area contributed by atoms with Crippen LogP contribution in [0, 0.1) is 5.41 Å². The summed E-state index contributed by atoms with van der Waals surface area (Å²) in [5.41, 5.74) is 9.03. The summed E-state index contributed by atoms with van der Waals surface area (Å²) in [6, 6.07) is 16.3. The second-order valence-electron chi connectivity index (χ2n) is 7.01. The van der Waals surface area contributed by atoms with Crippen LogP contribution in [0.3, 0.4) is 0 Å². The molecule has 0 radical (unpaired) electrons. The Hall–Kier alpha value is -3.45. The average molecular weight is 408 g/mol. The number of carbonyl (C=O) groups is 2. The van der Waals surface area contributed by atoms with Gasteiger partial charge in [-0.15, -0.1) is 0 Å². The molecule has 0 aliphatic rings. The quantitative estimate of drug-likeness (QED) is 0.222. The monoisotopic (exact) mass is 407 g/mol. The second kappa shape index (κ2) is 11.5. The molecule has 30 heavy (non-hydrogen) atoms. The topological polar surface area (TPSA) is 120 Å². The zero-order valence-electron chi connectivity index (χ0n) is 17.2. The van der Waals surface area contributed by atoms with E-state index in [1.165, 1.54) is 0 Å². The van der Waals surface area contributed by atoms with Gasteiger partial charge < -0.3 is 21.7 Å². The van der Waals surface area contributed by atoms with Crippen LogP contribution >= 0.6 is 0 Å². The molecular formula is C23H29N5O2. The lowest BCUT2D eigenvalue weighted by atomic mass is 10.1. The van der Waals surface area contributed by atoms with Crippen LogP contribution in [0.15, 0.2) is 61.2 Å². The summed E-state index contributed by atoms with van der Waals surface area (Å²) >= 11 is 0. The fourth-order valence-electron chi connectivity index (χ4n) is 2.76. The minimum Gasteiger partial charge on any atom is -0.384 e. The number of rotatable bonds is 11. The molecule has 0 saturated carbocycles. The van der Waals surface area contributed by atoms with Gasteiger partial charge in [-0.3, -0.25) is 15.0 Å². The molecule has 2 amide bonds. The fraction of sp³-hybridized carbons (Fsp3) is 0.261. The van der Waals surface area contributed by atoms with Crippen molar-refractivity contribution in [2.45, 2.75) is 25.9 Å². The van der Waals surface area contributed by atoms with Gasteiger partial charge in [-0.25, -0.2) is 0 Å². The zero-order chi connectivity index (χ0) is 21.9. The highest BCUT2D eigenvalue weighted by molar-refractivity contribution is 5.94. The lowest BCUT2D eigenvalue weighted by molar-refractivity contribution is -0.128. The highest BCUT2D eigenvalue weighted by Crippen LogP contribution is 2.14. The number of amides is 2. The van der Waals surface area contributed by atoms with E-state index in [-0.39, 0.29) is 24.2 Å². The lowest BCUT2D eigenvalue weighted by Crippen LogP contribution is -2.47. The first-order valence-electron chi connectivity index (χ1n) is 9.81. The van der Waals surface area contributed by atoms with Gasteiger partial charge in [0.05, 0.1) is 6.54 Å². The van der Waals surface area contributed by atoms with Gasteiger partial charge in [0, 0.05) is 12.1 Å². The predicted octanol–water partition coefficient (Wildman–Crippen LogP) is 1.78. The average Bonchev–Trinajstić information content (AvgIpc) is 2.75. The van der Waals surface area contributed by atoms with Crippen molar-refractivity contribution in [2.24, 2.45) is 5.73 Å². The number of carbonyl (C=O) groups excluding carboxylic acids is 2. The molecule has 6 N–H and O–H groups in total. The van der Waals surface area contributed by atoms with Crippen LogP contribution in [0.5, 0.6) is 0 Å². The van der Waals surface area contributed by atoms with Gasteiger partial charge >= 0.3 is 0 Å². The van der Waals surface area contributed by atoms with Crippen molar-refractivity contribution in [2.75, 3.05) is 13.1 Å². The van der Waals surface area contributed by atoms with Crippen molar-refractivity contribution >= 4 is 23.2 Å². The van der Waals surface area contributed by atoms with E-state index in [1.807, 2.05) is 30.3 Å². The Labute approximate surface area is 177 Å². The molecule has 0 aromatic heterocycles. The molecule has 0 aliphatic heterocycles. The van der Waals surface area contributed by atoms with Gasteiger partial charge in [0.25, 0.3) is 0 Å². The van der Waals surface area contributed by atoms with E-state index < -0.39 is 6.04 Å². The summed E-state index contributed by atoms with van der Waals surface area (Å²) in [6.45, 7) is 6.79. The van der Waals surface area contributed by atoms with Crippen molar-refractivity contribution in [3.8, 4) is 0 Å². The van der Waals surface area contributed by atoms with E-state index >= 15 is 0 Å². The number of nitrogens with one attached hydrogen (secondary N) is 4. The molecule has 2 aromatic carbocycles. The highest BCUT2D eigenvalue weighted by atomic mass is 16.2. The van der Waals surface area contributed by atoms with Crippen molar-refractivity contribution in [1.82, 2.24) is 16.0 Å². The van der Waals surface area contributed by atoms with E-state index in [2.05, 4.69) is 22.5 Å². The molecule has 2 rings (SSSR count). The number of hydrogen-bond donors (Lipinski definition) is 5. The Morgan fingerprint density at radius 2 is 1.73 bits per heavy atom. The first-order valence-corrected chi connectivity index (χ1v) is 9.81. The van der Waals surface area contributed by atoms with E-state index in [0.29, 0.717) is 18.7 Å². The summed E-state index contributed by atoms with van der Waals surface area (Å²) in [6.07, 6.45) is 0.732. The predicted molar refractivity (Wildman–Crippen MR) is 120 cm³/mol. The molecule has 7 nitrogen and oxygen atoms in total. The van der Waals surface area contributed by atoms with Gasteiger partial charge in [-0.1, -0.05) is 61.2 Å². The Morgan fingerprint density at radius 1 is 1.07 bits per heavy atom. The molecule has 0 fully saturated rings. The van der Waals surface area contributed by atoms with Crippen LogP contribution in [0.1, 0.15) is 30.0 Å². The van der Waals surface area contributed by atoms with Crippen molar-refractivity contribution in [1.29, 1.82) is 5.41 Å². The van der Waals surface area contributed by atoms with Gasteiger partial charge in [0.15, 0.2) is 0 Å². The summed E-state index contributed by atoms with van der Waals surface area (Å²) in [7, 11) is 0. The molecule has 2 aromatic rings. The summed E-state index contributed by atoms with van der Waals surface area (Å²) in [5, 5.41) is 15.9. The van der Waals surface area contributed by atoms with Crippen LogP contribution < -0.4 is 21.7 Å². The van der Waals surface area contributed by atoms with Crippen molar-refractivity contribution < 1.29 is 9.59 Å². The molecule has 0 saturated heterocycles. The van der Waals surface area contributed by atoms with Crippen molar-refractivity contribution in [3.05, 3.63) is 77.9 Å². The van der Waals surface area contributed by atoms with Crippen LogP contribution in [-0.2, 0) is 16.1 Å². The largest absolute Gasteiger partial charge is 0.384 e. The summed E-state index contributed by atoms with van der Waals surface area (Å²) in [5.74, 6) is -0.509. The first kappa shape index (κ1) is 22.8. The number of benzene rings is 2. The van der Waals surface area contributed by atoms with Crippen LogP contribution in [0.4, 0.5) is 0 Å². The standard InChI is InChI=1S/C23H29N5O2/c1-16(19-6-4-3-5-7-19)12-13-26-15-21(29)28-17(2)23(30)27-14-18-8-10-20(11-9-18)22(24)25/h3-11,17,26H,1,12-15H2,2H3,(H3,24,25)(H,27,30)(H,28,29). The minimum atomic E-state index is -0.643. The van der Waals surface area contributed by atoms with Crippen LogP contribution in [0.25, 0.3) is 5.57 Å². The molecular weight excluding hydrogens is 378 g/mol. The number of hydrogen-bond acceptors (Lipinski definition) is 4. The molecule has 158 valence electrons. The van der Waals surface area contributed by atoms with Crippen molar-refractivity contribution in [3.63, 3.8) is 0 Å². The van der Waals surface area contributed by atoms with Gasteiger partial charge in [-0.2, -0.15) is 0 Å². The Bertz CT molecular complexity index is 878. The van der Waals surface area contributed by atoms with E-state index in [1.54, 1.807) is 31.2 Å². The first-order chi connectivity index (χ1) is 14.4. The molecule has 0 aliphatic carbocycles. The maximum Gasteiger partial charge on any atom is 0.242 e. The van der Waals surface area contributed by atoms with Gasteiger partial charge in [0.2, 0.25) is 11.8 Å². The summed E-state index contributed by atoms with van der Waals surface area (Å²) in [4.78, 5) is 24.2. The van der Waals surface area contributed by atoms with E-state index in [4.69, 9.17) is 11.1 Å². The van der Waals surface area contributed by atoms with E-state index in [9.17, 15) is 9.59 Å². The molecule has 7 heteroatoms. The minimum absolute atomic E-state index is 0.0000838. The molecule has 1 unspecified atom stereocenters. The second-order valence-corrected chi connectivity index (χ2v) is 7.01. The van der Waals surface area contributed by atoms with Crippen LogP contribution in [0.2, 0.25) is 0 Å². The smallest absolute Gasteiger partial charge is 0.242 e. The number of amidine groups is 1. The normalized spacial score (nSPS) is 11.4. The molecule has 0 bridgehead atoms. The number of nitrogen functional groups attached to an aromatic ring is 1.